The third-order valence-electron chi connectivity index (χ3n) is 2.97. The second-order valence-electron chi connectivity index (χ2n) is 4.05. The average Bonchev–Trinajstić information content (AvgIpc) is 2.65. The normalized spacial score (nSPS) is 26.5. The summed E-state index contributed by atoms with van der Waals surface area (Å²) in [5.74, 6) is 0.615. The van der Waals surface area contributed by atoms with Crippen LogP contribution in [0.3, 0.4) is 0 Å². The summed E-state index contributed by atoms with van der Waals surface area (Å²) in [5.41, 5.74) is 0. The predicted molar refractivity (Wildman–Crippen MR) is 51.4 cm³/mol. The van der Waals surface area contributed by atoms with E-state index in [1.807, 2.05) is 0 Å². The number of aliphatic carboxylic acids is 1. The van der Waals surface area contributed by atoms with Gasteiger partial charge in [0, 0.05) is 12.8 Å². The Hall–Kier alpha value is -1.39. The molecule has 0 saturated heterocycles. The first-order chi connectivity index (χ1) is 7.16. The Kier molecular flexibility index (Phi) is 2.70. The van der Waals surface area contributed by atoms with Gasteiger partial charge < -0.3 is 9.52 Å². The fraction of sp³-hybridized carbons (Fsp3) is 0.700. The van der Waals surface area contributed by atoms with Crippen LogP contribution in [-0.4, -0.2) is 21.3 Å². The highest BCUT2D eigenvalue weighted by atomic mass is 16.4. The van der Waals surface area contributed by atoms with Crippen molar-refractivity contribution in [3.05, 3.63) is 11.8 Å². The van der Waals surface area contributed by atoms with Gasteiger partial charge in [0.05, 0.1) is 5.92 Å². The van der Waals surface area contributed by atoms with Crippen molar-refractivity contribution in [3.8, 4) is 0 Å². The molecule has 0 radical (unpaired) electrons. The molecule has 1 aromatic heterocycles. The average molecular weight is 210 g/mol. The second-order valence-corrected chi connectivity index (χ2v) is 4.05. The van der Waals surface area contributed by atoms with Gasteiger partial charge in [-0.15, -0.1) is 10.2 Å². The van der Waals surface area contributed by atoms with Crippen molar-refractivity contribution in [2.75, 3.05) is 0 Å². The summed E-state index contributed by atoms with van der Waals surface area (Å²) in [4.78, 5) is 10.8. The van der Waals surface area contributed by atoms with Crippen LogP contribution in [0.4, 0.5) is 0 Å². The van der Waals surface area contributed by atoms with Gasteiger partial charge in [0.2, 0.25) is 11.8 Å². The highest BCUT2D eigenvalue weighted by Crippen LogP contribution is 2.35. The molecule has 0 unspecified atom stereocenters. The van der Waals surface area contributed by atoms with E-state index in [4.69, 9.17) is 9.52 Å². The zero-order valence-corrected chi connectivity index (χ0v) is 8.64. The highest BCUT2D eigenvalue weighted by molar-refractivity contribution is 5.70. The summed E-state index contributed by atoms with van der Waals surface area (Å²) in [6, 6.07) is 0. The van der Waals surface area contributed by atoms with E-state index in [1.54, 1.807) is 6.92 Å². The maximum Gasteiger partial charge on any atom is 0.306 e. The van der Waals surface area contributed by atoms with Crippen LogP contribution in [0.2, 0.25) is 0 Å². The van der Waals surface area contributed by atoms with E-state index < -0.39 is 5.97 Å². The monoisotopic (exact) mass is 210 g/mol. The van der Waals surface area contributed by atoms with Crippen LogP contribution in [0, 0.1) is 12.8 Å². The highest BCUT2D eigenvalue weighted by Gasteiger charge is 2.29. The molecule has 1 heterocycles. The summed E-state index contributed by atoms with van der Waals surface area (Å²) >= 11 is 0. The minimum Gasteiger partial charge on any atom is -0.481 e. The maximum absolute atomic E-state index is 10.8. The van der Waals surface area contributed by atoms with Crippen molar-refractivity contribution in [2.24, 2.45) is 5.92 Å². The van der Waals surface area contributed by atoms with Gasteiger partial charge in [-0.3, -0.25) is 4.79 Å². The lowest BCUT2D eigenvalue weighted by Crippen LogP contribution is -2.20. The molecule has 5 nitrogen and oxygen atoms in total. The van der Waals surface area contributed by atoms with Gasteiger partial charge in [-0.2, -0.15) is 0 Å². The fourth-order valence-corrected chi connectivity index (χ4v) is 2.06. The third kappa shape index (κ3) is 2.16. The molecule has 1 fully saturated rings. The molecule has 1 saturated carbocycles. The smallest absolute Gasteiger partial charge is 0.306 e. The number of carboxylic acids is 1. The SMILES string of the molecule is Cc1nnc(C2CCC(C(=O)O)CC2)o1. The van der Waals surface area contributed by atoms with Gasteiger partial charge >= 0.3 is 5.97 Å². The Balaban J connectivity index is 1.96. The fourth-order valence-electron chi connectivity index (χ4n) is 2.06. The van der Waals surface area contributed by atoms with Crippen LogP contribution in [-0.2, 0) is 4.79 Å². The molecular formula is C10H14N2O3. The van der Waals surface area contributed by atoms with Crippen molar-refractivity contribution in [1.29, 1.82) is 0 Å². The third-order valence-corrected chi connectivity index (χ3v) is 2.97. The number of nitrogens with zero attached hydrogens (tertiary/aromatic N) is 2. The first kappa shape index (κ1) is 10.1. The van der Waals surface area contributed by atoms with E-state index in [9.17, 15) is 4.79 Å². The van der Waals surface area contributed by atoms with Crippen LogP contribution in [0.1, 0.15) is 43.4 Å². The van der Waals surface area contributed by atoms with Gasteiger partial charge in [-0.1, -0.05) is 0 Å². The van der Waals surface area contributed by atoms with Crippen LogP contribution in [0.15, 0.2) is 4.42 Å². The quantitative estimate of drug-likeness (QED) is 0.804. The Bertz CT molecular complexity index is 353. The number of carboxylic acid groups (broad SMARTS) is 1. The summed E-state index contributed by atoms with van der Waals surface area (Å²) in [5, 5.41) is 16.6. The lowest BCUT2D eigenvalue weighted by atomic mass is 9.82. The van der Waals surface area contributed by atoms with Crippen LogP contribution >= 0.6 is 0 Å². The lowest BCUT2D eigenvalue weighted by Gasteiger charge is -2.23. The van der Waals surface area contributed by atoms with Crippen molar-refractivity contribution >= 4 is 5.97 Å². The van der Waals surface area contributed by atoms with Crippen LogP contribution in [0.25, 0.3) is 0 Å². The molecule has 0 aromatic carbocycles. The maximum atomic E-state index is 10.8. The first-order valence-corrected chi connectivity index (χ1v) is 5.19. The van der Waals surface area contributed by atoms with Gasteiger partial charge in [-0.05, 0) is 25.7 Å². The molecule has 0 bridgehead atoms. The van der Waals surface area contributed by atoms with E-state index in [1.165, 1.54) is 0 Å². The summed E-state index contributed by atoms with van der Waals surface area (Å²) < 4.78 is 5.35. The molecule has 1 aliphatic rings. The minimum absolute atomic E-state index is 0.190. The molecule has 5 heteroatoms. The van der Waals surface area contributed by atoms with Crippen molar-refractivity contribution in [3.63, 3.8) is 0 Å². The summed E-state index contributed by atoms with van der Waals surface area (Å²) in [6.45, 7) is 1.76. The predicted octanol–water partition coefficient (Wildman–Crippen LogP) is 1.74. The molecule has 82 valence electrons. The first-order valence-electron chi connectivity index (χ1n) is 5.19. The Labute approximate surface area is 87.5 Å². The summed E-state index contributed by atoms with van der Waals surface area (Å²) in [6.07, 6.45) is 3.08. The van der Waals surface area contributed by atoms with E-state index in [-0.39, 0.29) is 11.8 Å². The Morgan fingerprint density at radius 3 is 2.47 bits per heavy atom. The second kappa shape index (κ2) is 4.00. The Morgan fingerprint density at radius 2 is 2.00 bits per heavy atom. The van der Waals surface area contributed by atoms with Gasteiger partial charge in [0.25, 0.3) is 0 Å². The van der Waals surface area contributed by atoms with Crippen molar-refractivity contribution < 1.29 is 14.3 Å². The largest absolute Gasteiger partial charge is 0.481 e. The van der Waals surface area contributed by atoms with Gasteiger partial charge in [0.15, 0.2) is 0 Å². The molecule has 15 heavy (non-hydrogen) atoms. The van der Waals surface area contributed by atoms with E-state index in [2.05, 4.69) is 10.2 Å². The molecular weight excluding hydrogens is 196 g/mol. The molecule has 1 aliphatic carbocycles. The number of aromatic nitrogens is 2. The Morgan fingerprint density at radius 1 is 1.33 bits per heavy atom. The van der Waals surface area contributed by atoms with Crippen molar-refractivity contribution in [1.82, 2.24) is 10.2 Å². The van der Waals surface area contributed by atoms with E-state index >= 15 is 0 Å². The van der Waals surface area contributed by atoms with Crippen LogP contribution in [0.5, 0.6) is 0 Å². The zero-order valence-electron chi connectivity index (χ0n) is 8.64. The molecule has 2 rings (SSSR count). The molecule has 0 spiro atoms. The minimum atomic E-state index is -0.685. The standard InChI is InChI=1S/C10H14N2O3/c1-6-11-12-9(15-6)7-2-4-8(5-3-7)10(13)14/h7-8H,2-5H2,1H3,(H,13,14). The molecule has 0 amide bonds. The number of carbonyl (C=O) groups is 1. The van der Waals surface area contributed by atoms with Gasteiger partial charge in [-0.25, -0.2) is 0 Å². The number of hydrogen-bond donors (Lipinski definition) is 1. The molecule has 0 atom stereocenters. The summed E-state index contributed by atoms with van der Waals surface area (Å²) in [7, 11) is 0. The molecule has 1 aromatic rings. The number of hydrogen-bond acceptors (Lipinski definition) is 4. The topological polar surface area (TPSA) is 76.2 Å². The number of rotatable bonds is 2. The lowest BCUT2D eigenvalue weighted by molar-refractivity contribution is -0.142. The van der Waals surface area contributed by atoms with E-state index in [0.29, 0.717) is 24.6 Å². The molecule has 0 aliphatic heterocycles. The van der Waals surface area contributed by atoms with Crippen molar-refractivity contribution in [2.45, 2.75) is 38.5 Å². The van der Waals surface area contributed by atoms with Crippen LogP contribution < -0.4 is 0 Å². The van der Waals surface area contributed by atoms with E-state index in [0.717, 1.165) is 12.8 Å². The van der Waals surface area contributed by atoms with Gasteiger partial charge in [0.1, 0.15) is 0 Å². The number of aryl methyl sites for hydroxylation is 1. The zero-order chi connectivity index (χ0) is 10.8. The molecule has 1 N–H and O–H groups in total.